The third-order valence-corrected chi connectivity index (χ3v) is 2.40. The molecule has 110 valence electrons. The molecule has 1 aromatic rings. The standard InChI is InChI=1S/C13H14F3NO3/c1-20-10-5-3-2-4-9(10)6-7-12(19)17-8-11(18)13(14,15)16/h2-7,11,18H,8H2,1H3,(H,17,19)/b7-6+. The molecule has 7 heteroatoms. The molecule has 2 N–H and O–H groups in total. The lowest BCUT2D eigenvalue weighted by molar-refractivity contribution is -0.201. The van der Waals surface area contributed by atoms with Crippen LogP contribution < -0.4 is 10.1 Å². The van der Waals surface area contributed by atoms with Gasteiger partial charge in [0, 0.05) is 11.6 Å². The van der Waals surface area contributed by atoms with Gasteiger partial charge in [0.15, 0.2) is 6.10 Å². The average molecular weight is 289 g/mol. The van der Waals surface area contributed by atoms with Crippen LogP contribution in [0.25, 0.3) is 6.08 Å². The first kappa shape index (κ1) is 16.0. The Labute approximate surface area is 113 Å². The van der Waals surface area contributed by atoms with Gasteiger partial charge in [-0.05, 0) is 12.1 Å². The highest BCUT2D eigenvalue weighted by atomic mass is 19.4. The SMILES string of the molecule is COc1ccccc1/C=C/C(=O)NCC(O)C(F)(F)F. The Bertz CT molecular complexity index is 486. The first-order valence-corrected chi connectivity index (χ1v) is 5.68. The largest absolute Gasteiger partial charge is 0.496 e. The van der Waals surface area contributed by atoms with E-state index in [1.807, 2.05) is 5.32 Å². The van der Waals surface area contributed by atoms with E-state index in [-0.39, 0.29) is 0 Å². The lowest BCUT2D eigenvalue weighted by Gasteiger charge is -2.14. The van der Waals surface area contributed by atoms with Gasteiger partial charge in [-0.3, -0.25) is 4.79 Å². The van der Waals surface area contributed by atoms with Gasteiger partial charge >= 0.3 is 6.18 Å². The number of amides is 1. The Kier molecular flexibility index (Phi) is 5.57. The number of nitrogens with one attached hydrogen (secondary N) is 1. The van der Waals surface area contributed by atoms with Crippen molar-refractivity contribution in [3.05, 3.63) is 35.9 Å². The zero-order valence-electron chi connectivity index (χ0n) is 10.6. The average Bonchev–Trinajstić information content (AvgIpc) is 2.41. The van der Waals surface area contributed by atoms with E-state index in [0.29, 0.717) is 11.3 Å². The summed E-state index contributed by atoms with van der Waals surface area (Å²) in [6.45, 7) is -0.890. The highest BCUT2D eigenvalue weighted by Gasteiger charge is 2.37. The number of rotatable bonds is 5. The normalized spacial score (nSPS) is 13.2. The number of alkyl halides is 3. The number of hydrogen-bond acceptors (Lipinski definition) is 3. The van der Waals surface area contributed by atoms with Crippen molar-refractivity contribution in [1.29, 1.82) is 0 Å². The van der Waals surface area contributed by atoms with Crippen molar-refractivity contribution in [2.45, 2.75) is 12.3 Å². The molecule has 1 atom stereocenters. The van der Waals surface area contributed by atoms with Gasteiger partial charge in [-0.25, -0.2) is 0 Å². The molecular weight excluding hydrogens is 275 g/mol. The van der Waals surface area contributed by atoms with Crippen molar-refractivity contribution in [2.24, 2.45) is 0 Å². The fraction of sp³-hybridized carbons (Fsp3) is 0.308. The van der Waals surface area contributed by atoms with Gasteiger partial charge in [0.1, 0.15) is 5.75 Å². The van der Waals surface area contributed by atoms with Crippen LogP contribution in [0.15, 0.2) is 30.3 Å². The van der Waals surface area contributed by atoms with Crippen LogP contribution in [0.3, 0.4) is 0 Å². The van der Waals surface area contributed by atoms with Gasteiger partial charge in [0.05, 0.1) is 13.7 Å². The van der Waals surface area contributed by atoms with Gasteiger partial charge in [-0.15, -0.1) is 0 Å². The van der Waals surface area contributed by atoms with Gasteiger partial charge in [-0.2, -0.15) is 13.2 Å². The van der Waals surface area contributed by atoms with Gasteiger partial charge in [-0.1, -0.05) is 18.2 Å². The number of halogens is 3. The van der Waals surface area contributed by atoms with E-state index in [4.69, 9.17) is 9.84 Å². The van der Waals surface area contributed by atoms with E-state index in [1.54, 1.807) is 24.3 Å². The van der Waals surface area contributed by atoms with Crippen LogP contribution in [0.4, 0.5) is 13.2 Å². The summed E-state index contributed by atoms with van der Waals surface area (Å²) in [6.07, 6.45) is -4.85. The Morgan fingerprint density at radius 3 is 2.70 bits per heavy atom. The number of aliphatic hydroxyl groups is 1. The predicted molar refractivity (Wildman–Crippen MR) is 67.1 cm³/mol. The molecule has 0 radical (unpaired) electrons. The molecule has 0 aliphatic rings. The molecule has 0 bridgehead atoms. The molecule has 1 unspecified atom stereocenters. The summed E-state index contributed by atoms with van der Waals surface area (Å²) >= 11 is 0. The van der Waals surface area contributed by atoms with Crippen molar-refractivity contribution >= 4 is 12.0 Å². The number of benzene rings is 1. The third-order valence-electron chi connectivity index (χ3n) is 2.40. The van der Waals surface area contributed by atoms with Crippen LogP contribution in [0.1, 0.15) is 5.56 Å². The molecule has 1 aromatic carbocycles. The fourth-order valence-electron chi connectivity index (χ4n) is 1.34. The summed E-state index contributed by atoms with van der Waals surface area (Å²) < 4.78 is 41.1. The molecule has 4 nitrogen and oxygen atoms in total. The highest BCUT2D eigenvalue weighted by Crippen LogP contribution is 2.19. The maximum absolute atomic E-state index is 12.0. The smallest absolute Gasteiger partial charge is 0.416 e. The fourth-order valence-corrected chi connectivity index (χ4v) is 1.34. The number of carbonyl (C=O) groups is 1. The topological polar surface area (TPSA) is 58.6 Å². The third kappa shape index (κ3) is 4.93. The second-order valence-corrected chi connectivity index (χ2v) is 3.88. The van der Waals surface area contributed by atoms with Gasteiger partial charge in [0.25, 0.3) is 0 Å². The monoisotopic (exact) mass is 289 g/mol. The lowest BCUT2D eigenvalue weighted by atomic mass is 10.2. The summed E-state index contributed by atoms with van der Waals surface area (Å²) in [5.74, 6) is -0.203. The molecule has 1 amide bonds. The zero-order valence-corrected chi connectivity index (χ0v) is 10.6. The van der Waals surface area contributed by atoms with E-state index in [0.717, 1.165) is 6.08 Å². The lowest BCUT2D eigenvalue weighted by Crippen LogP contribution is -2.40. The molecule has 0 heterocycles. The number of ether oxygens (including phenoxy) is 1. The van der Waals surface area contributed by atoms with Crippen LogP contribution in [-0.2, 0) is 4.79 Å². The van der Waals surface area contributed by atoms with Crippen molar-refractivity contribution in [1.82, 2.24) is 5.32 Å². The van der Waals surface area contributed by atoms with Crippen molar-refractivity contribution in [2.75, 3.05) is 13.7 Å². The van der Waals surface area contributed by atoms with Crippen LogP contribution in [0.5, 0.6) is 5.75 Å². The minimum Gasteiger partial charge on any atom is -0.496 e. The summed E-state index contributed by atoms with van der Waals surface area (Å²) in [5.41, 5.74) is 0.613. The number of methoxy groups -OCH3 is 1. The minimum atomic E-state index is -4.75. The van der Waals surface area contributed by atoms with Crippen molar-refractivity contribution < 1.29 is 27.8 Å². The van der Waals surface area contributed by atoms with E-state index >= 15 is 0 Å². The molecule has 20 heavy (non-hydrogen) atoms. The summed E-state index contributed by atoms with van der Waals surface area (Å²) in [7, 11) is 1.46. The molecule has 0 aromatic heterocycles. The van der Waals surface area contributed by atoms with Crippen molar-refractivity contribution in [3.63, 3.8) is 0 Å². The summed E-state index contributed by atoms with van der Waals surface area (Å²) in [5, 5.41) is 10.7. The Morgan fingerprint density at radius 2 is 2.10 bits per heavy atom. The molecule has 0 fully saturated rings. The minimum absolute atomic E-state index is 0.534. The van der Waals surface area contributed by atoms with Gasteiger partial charge in [0.2, 0.25) is 5.91 Å². The Morgan fingerprint density at radius 1 is 1.45 bits per heavy atom. The van der Waals surface area contributed by atoms with Crippen LogP contribution in [-0.4, -0.2) is 36.9 Å². The van der Waals surface area contributed by atoms with E-state index in [1.165, 1.54) is 13.2 Å². The first-order valence-electron chi connectivity index (χ1n) is 5.68. The van der Waals surface area contributed by atoms with Crippen LogP contribution in [0.2, 0.25) is 0 Å². The summed E-state index contributed by atoms with van der Waals surface area (Å²) in [4.78, 5) is 11.3. The zero-order chi connectivity index (χ0) is 15.2. The Balaban J connectivity index is 2.56. The van der Waals surface area contributed by atoms with E-state index in [2.05, 4.69) is 0 Å². The van der Waals surface area contributed by atoms with E-state index in [9.17, 15) is 18.0 Å². The number of aliphatic hydroxyl groups excluding tert-OH is 1. The predicted octanol–water partition coefficient (Wildman–Crippen LogP) is 1.75. The maximum atomic E-state index is 12.0. The number of hydrogen-bond donors (Lipinski definition) is 2. The van der Waals surface area contributed by atoms with Gasteiger partial charge < -0.3 is 15.2 Å². The van der Waals surface area contributed by atoms with Crippen LogP contribution >= 0.6 is 0 Å². The van der Waals surface area contributed by atoms with E-state index < -0.39 is 24.7 Å². The molecule has 0 saturated carbocycles. The number of carbonyl (C=O) groups excluding carboxylic acids is 1. The Hall–Kier alpha value is -2.02. The highest BCUT2D eigenvalue weighted by molar-refractivity contribution is 5.92. The van der Waals surface area contributed by atoms with Crippen molar-refractivity contribution in [3.8, 4) is 5.75 Å². The molecule has 0 saturated heterocycles. The molecule has 0 aliphatic heterocycles. The van der Waals surface area contributed by atoms with Crippen LogP contribution in [0, 0.1) is 0 Å². The summed E-state index contributed by atoms with van der Waals surface area (Å²) in [6, 6.07) is 6.85. The second-order valence-electron chi connectivity index (χ2n) is 3.88. The first-order chi connectivity index (χ1) is 9.34. The number of para-hydroxylation sites is 1. The second kappa shape index (κ2) is 6.95. The molecule has 1 rings (SSSR count). The maximum Gasteiger partial charge on any atom is 0.416 e. The molecular formula is C13H14F3NO3. The quantitative estimate of drug-likeness (QED) is 0.812. The molecule has 0 aliphatic carbocycles. The molecule has 0 spiro atoms.